The van der Waals surface area contributed by atoms with Crippen molar-refractivity contribution in [3.05, 3.63) is 89.1 Å². The number of carboxylic acid groups (broad SMARTS) is 1. The van der Waals surface area contributed by atoms with Gasteiger partial charge in [-0.25, -0.2) is 4.79 Å². The van der Waals surface area contributed by atoms with Gasteiger partial charge in [-0.1, -0.05) is 54.6 Å². The fourth-order valence-corrected chi connectivity index (χ4v) is 4.24. The second-order valence-corrected chi connectivity index (χ2v) is 8.03. The van der Waals surface area contributed by atoms with Crippen LogP contribution in [0.15, 0.2) is 78.0 Å². The van der Waals surface area contributed by atoms with Crippen LogP contribution < -0.4 is 5.32 Å². The first-order valence-electron chi connectivity index (χ1n) is 10.5. The predicted octanol–water partition coefficient (Wildman–Crippen LogP) is 4.90. The Hall–Kier alpha value is -3.60. The van der Waals surface area contributed by atoms with E-state index in [9.17, 15) is 19.8 Å². The van der Waals surface area contributed by atoms with Crippen LogP contribution in [0.25, 0.3) is 10.8 Å². The number of carbonyl (C=O) groups excluding carboxylic acids is 1. The van der Waals surface area contributed by atoms with E-state index in [1.54, 1.807) is 12.1 Å². The Morgan fingerprint density at radius 3 is 2.48 bits per heavy atom. The predicted molar refractivity (Wildman–Crippen MR) is 120 cm³/mol. The van der Waals surface area contributed by atoms with E-state index >= 15 is 0 Å². The minimum Gasteiger partial charge on any atom is -0.508 e. The summed E-state index contributed by atoms with van der Waals surface area (Å²) in [6.07, 6.45) is 2.56. The Labute approximate surface area is 181 Å². The summed E-state index contributed by atoms with van der Waals surface area (Å²) in [4.78, 5) is 24.3. The second kappa shape index (κ2) is 9.04. The number of phenols is 1. The van der Waals surface area contributed by atoms with E-state index in [-0.39, 0.29) is 24.0 Å². The molecule has 0 spiro atoms. The van der Waals surface area contributed by atoms with Crippen LogP contribution in [0.4, 0.5) is 0 Å². The molecule has 0 aliphatic heterocycles. The van der Waals surface area contributed by atoms with Gasteiger partial charge in [0.1, 0.15) is 5.75 Å². The van der Waals surface area contributed by atoms with Crippen molar-refractivity contribution in [2.45, 2.75) is 38.0 Å². The second-order valence-electron chi connectivity index (χ2n) is 8.03. The number of fused-ring (bicyclic) bond motifs is 1. The maximum Gasteiger partial charge on any atom is 0.333 e. The Morgan fingerprint density at radius 1 is 0.968 bits per heavy atom. The summed E-state index contributed by atoms with van der Waals surface area (Å²) in [6.45, 7) is 0. The largest absolute Gasteiger partial charge is 0.508 e. The minimum atomic E-state index is -0.959. The number of amides is 1. The molecule has 1 aliphatic rings. The Bertz CT molecular complexity index is 1150. The first kappa shape index (κ1) is 20.7. The van der Waals surface area contributed by atoms with Gasteiger partial charge in [-0.05, 0) is 65.6 Å². The molecule has 1 unspecified atom stereocenters. The van der Waals surface area contributed by atoms with Gasteiger partial charge in [0.2, 0.25) is 5.91 Å². The molecule has 0 saturated carbocycles. The summed E-state index contributed by atoms with van der Waals surface area (Å²) in [5.74, 6) is -0.701. The lowest BCUT2D eigenvalue weighted by molar-refractivity contribution is -0.133. The smallest absolute Gasteiger partial charge is 0.333 e. The SMILES string of the molecule is O=C(CCc1ccc2cc(O)ccc2c1)NC1=C(C(=O)O)CCC(c2ccccc2)C1. The lowest BCUT2D eigenvalue weighted by Gasteiger charge is -2.26. The maximum absolute atomic E-state index is 12.6. The summed E-state index contributed by atoms with van der Waals surface area (Å²) in [7, 11) is 0. The Kier molecular flexibility index (Phi) is 6.03. The first-order valence-corrected chi connectivity index (χ1v) is 10.5. The van der Waals surface area contributed by atoms with Crippen LogP contribution in [0, 0.1) is 0 Å². The summed E-state index contributed by atoms with van der Waals surface area (Å²) in [5.41, 5.74) is 3.03. The number of carbonyl (C=O) groups is 2. The van der Waals surface area contributed by atoms with Crippen molar-refractivity contribution < 1.29 is 19.8 Å². The number of phenolic OH excluding ortho intramolecular Hbond substituents is 1. The molecule has 31 heavy (non-hydrogen) atoms. The highest BCUT2D eigenvalue weighted by Gasteiger charge is 2.26. The van der Waals surface area contributed by atoms with E-state index < -0.39 is 5.97 Å². The van der Waals surface area contributed by atoms with E-state index in [2.05, 4.69) is 17.4 Å². The number of carboxylic acids is 1. The molecular formula is C26H25NO4. The average molecular weight is 415 g/mol. The van der Waals surface area contributed by atoms with Gasteiger partial charge >= 0.3 is 5.97 Å². The minimum absolute atomic E-state index is 0.173. The van der Waals surface area contributed by atoms with Gasteiger partial charge < -0.3 is 15.5 Å². The van der Waals surface area contributed by atoms with Gasteiger partial charge in [-0.15, -0.1) is 0 Å². The van der Waals surface area contributed by atoms with Crippen LogP contribution in [0.1, 0.15) is 42.7 Å². The fraction of sp³-hybridized carbons (Fsp3) is 0.231. The molecule has 3 N–H and O–H groups in total. The molecule has 4 rings (SSSR count). The molecule has 0 bridgehead atoms. The standard InChI is InChI=1S/C26H25NO4/c28-22-11-9-19-14-17(6-8-20(19)15-22)7-13-25(29)27-24-16-21(10-12-23(24)26(30)31)18-4-2-1-3-5-18/h1-6,8-9,11,14-15,21,28H,7,10,12-13,16H2,(H,27,29)(H,30,31). The molecular weight excluding hydrogens is 390 g/mol. The van der Waals surface area contributed by atoms with E-state index in [1.165, 1.54) is 5.56 Å². The van der Waals surface area contributed by atoms with Crippen molar-refractivity contribution in [2.24, 2.45) is 0 Å². The van der Waals surface area contributed by atoms with Gasteiger partial charge in [0, 0.05) is 12.1 Å². The van der Waals surface area contributed by atoms with Crippen molar-refractivity contribution in [3.63, 3.8) is 0 Å². The summed E-state index contributed by atoms with van der Waals surface area (Å²) < 4.78 is 0. The fourth-order valence-electron chi connectivity index (χ4n) is 4.24. The average Bonchev–Trinajstić information content (AvgIpc) is 2.78. The maximum atomic E-state index is 12.6. The lowest BCUT2D eigenvalue weighted by atomic mass is 9.82. The third-order valence-electron chi connectivity index (χ3n) is 5.91. The van der Waals surface area contributed by atoms with E-state index in [0.717, 1.165) is 22.8 Å². The molecule has 0 fully saturated rings. The molecule has 1 amide bonds. The summed E-state index contributed by atoms with van der Waals surface area (Å²) in [6, 6.07) is 21.1. The zero-order valence-corrected chi connectivity index (χ0v) is 17.2. The van der Waals surface area contributed by atoms with Crippen LogP contribution in [0.2, 0.25) is 0 Å². The van der Waals surface area contributed by atoms with Crippen LogP contribution in [0.3, 0.4) is 0 Å². The number of hydrogen-bond donors (Lipinski definition) is 3. The molecule has 0 aromatic heterocycles. The van der Waals surface area contributed by atoms with Crippen molar-refractivity contribution >= 4 is 22.6 Å². The van der Waals surface area contributed by atoms with Gasteiger partial charge in [0.25, 0.3) is 0 Å². The number of aliphatic carboxylic acids is 1. The molecule has 0 saturated heterocycles. The molecule has 3 aromatic rings. The van der Waals surface area contributed by atoms with E-state index in [1.807, 2.05) is 42.5 Å². The third kappa shape index (κ3) is 4.94. The van der Waals surface area contributed by atoms with Gasteiger partial charge in [-0.2, -0.15) is 0 Å². The van der Waals surface area contributed by atoms with Crippen molar-refractivity contribution in [2.75, 3.05) is 0 Å². The zero-order chi connectivity index (χ0) is 21.8. The molecule has 158 valence electrons. The van der Waals surface area contributed by atoms with Crippen LogP contribution in [-0.2, 0) is 16.0 Å². The highest BCUT2D eigenvalue weighted by Crippen LogP contribution is 2.35. The van der Waals surface area contributed by atoms with Crippen molar-refractivity contribution in [1.29, 1.82) is 0 Å². The monoisotopic (exact) mass is 415 g/mol. The summed E-state index contributed by atoms with van der Waals surface area (Å²) >= 11 is 0. The quantitative estimate of drug-likeness (QED) is 0.534. The number of benzene rings is 3. The Morgan fingerprint density at radius 2 is 1.71 bits per heavy atom. The van der Waals surface area contributed by atoms with Crippen LogP contribution in [0.5, 0.6) is 5.75 Å². The first-order chi connectivity index (χ1) is 15.0. The van der Waals surface area contributed by atoms with Crippen molar-refractivity contribution in [3.8, 4) is 5.75 Å². The number of nitrogens with one attached hydrogen (secondary N) is 1. The normalized spacial score (nSPS) is 16.3. The van der Waals surface area contributed by atoms with Crippen LogP contribution >= 0.6 is 0 Å². The molecule has 0 heterocycles. The van der Waals surface area contributed by atoms with Gasteiger partial charge in [0.05, 0.1) is 5.57 Å². The van der Waals surface area contributed by atoms with Gasteiger partial charge in [0.15, 0.2) is 0 Å². The molecule has 3 aromatic carbocycles. The molecule has 1 aliphatic carbocycles. The number of rotatable bonds is 6. The number of aryl methyl sites for hydroxylation is 1. The van der Waals surface area contributed by atoms with Crippen molar-refractivity contribution in [1.82, 2.24) is 5.32 Å². The molecule has 5 heteroatoms. The highest BCUT2D eigenvalue weighted by atomic mass is 16.4. The number of aromatic hydroxyl groups is 1. The summed E-state index contributed by atoms with van der Waals surface area (Å²) in [5, 5.41) is 24.0. The Balaban J connectivity index is 1.43. The zero-order valence-electron chi connectivity index (χ0n) is 17.2. The third-order valence-corrected chi connectivity index (χ3v) is 5.91. The lowest BCUT2D eigenvalue weighted by Crippen LogP contribution is -2.29. The van der Waals surface area contributed by atoms with Gasteiger partial charge in [-0.3, -0.25) is 4.79 Å². The number of hydrogen-bond acceptors (Lipinski definition) is 3. The van der Waals surface area contributed by atoms with Crippen LogP contribution in [-0.4, -0.2) is 22.1 Å². The highest BCUT2D eigenvalue weighted by molar-refractivity contribution is 5.89. The number of allylic oxidation sites excluding steroid dienone is 1. The topological polar surface area (TPSA) is 86.6 Å². The molecule has 0 radical (unpaired) electrons. The van der Waals surface area contributed by atoms with E-state index in [0.29, 0.717) is 30.5 Å². The molecule has 1 atom stereocenters. The molecule has 5 nitrogen and oxygen atoms in total. The van der Waals surface area contributed by atoms with E-state index in [4.69, 9.17) is 0 Å².